The van der Waals surface area contributed by atoms with Crippen LogP contribution in [0.1, 0.15) is 22.3 Å². The summed E-state index contributed by atoms with van der Waals surface area (Å²) in [5, 5.41) is 0.672. The highest BCUT2D eigenvalue weighted by Gasteiger charge is 2.26. The maximum absolute atomic E-state index is 13.6. The van der Waals surface area contributed by atoms with Crippen molar-refractivity contribution in [2.24, 2.45) is 0 Å². The van der Waals surface area contributed by atoms with E-state index in [1.807, 2.05) is 19.9 Å². The molecule has 8 heteroatoms. The van der Waals surface area contributed by atoms with Crippen LogP contribution in [0.15, 0.2) is 22.8 Å². The van der Waals surface area contributed by atoms with Gasteiger partial charge in [-0.3, -0.25) is 4.79 Å². The summed E-state index contributed by atoms with van der Waals surface area (Å²) in [6, 6.07) is 3.62. The second kappa shape index (κ2) is 7.02. The number of hydrogen-bond donors (Lipinski definition) is 0. The van der Waals surface area contributed by atoms with Gasteiger partial charge in [0.2, 0.25) is 5.82 Å². The van der Waals surface area contributed by atoms with E-state index in [0.29, 0.717) is 16.5 Å². The fourth-order valence-electron chi connectivity index (χ4n) is 2.61. The summed E-state index contributed by atoms with van der Waals surface area (Å²) < 4.78 is 76.6. The number of hydrogen-bond acceptors (Lipinski definition) is 3. The van der Waals surface area contributed by atoms with Crippen LogP contribution in [0.2, 0.25) is 0 Å². The van der Waals surface area contributed by atoms with Crippen molar-refractivity contribution < 1.29 is 35.9 Å². The van der Waals surface area contributed by atoms with Crippen molar-refractivity contribution in [3.63, 3.8) is 0 Å². The zero-order chi connectivity index (χ0) is 19.9. The number of benzene rings is 2. The summed E-state index contributed by atoms with van der Waals surface area (Å²) in [7, 11) is 0. The molecular formula is C19H13F5O3. The monoisotopic (exact) mass is 384 g/mol. The number of carbonyl (C=O) groups excluding carboxylic acids is 1. The molecule has 0 radical (unpaired) electrons. The molecule has 3 rings (SSSR count). The quantitative estimate of drug-likeness (QED) is 0.274. The van der Waals surface area contributed by atoms with Crippen LogP contribution in [-0.4, -0.2) is 5.97 Å². The van der Waals surface area contributed by atoms with Crippen molar-refractivity contribution in [3.05, 3.63) is 69.7 Å². The molecule has 0 aliphatic carbocycles. The van der Waals surface area contributed by atoms with Gasteiger partial charge in [0, 0.05) is 10.9 Å². The van der Waals surface area contributed by atoms with E-state index >= 15 is 0 Å². The predicted octanol–water partition coefficient (Wildman–Crippen LogP) is 5.03. The molecule has 0 N–H and O–H groups in total. The molecular weight excluding hydrogens is 371 g/mol. The largest absolute Gasteiger partial charge is 0.464 e. The molecule has 0 fully saturated rings. The summed E-state index contributed by atoms with van der Waals surface area (Å²) in [6.45, 7) is 2.70. The summed E-state index contributed by atoms with van der Waals surface area (Å²) in [6.07, 6.45) is 1.06. The molecule has 0 saturated carbocycles. The molecule has 0 unspecified atom stereocenters. The highest BCUT2D eigenvalue weighted by molar-refractivity contribution is 5.86. The van der Waals surface area contributed by atoms with Crippen molar-refractivity contribution in [1.29, 1.82) is 0 Å². The van der Waals surface area contributed by atoms with Crippen molar-refractivity contribution in [3.8, 4) is 0 Å². The molecule has 0 aliphatic heterocycles. The van der Waals surface area contributed by atoms with Gasteiger partial charge in [0.05, 0.1) is 18.2 Å². The molecule has 0 amide bonds. The van der Waals surface area contributed by atoms with Crippen LogP contribution >= 0.6 is 0 Å². The first-order valence-electron chi connectivity index (χ1n) is 7.84. The van der Waals surface area contributed by atoms with Crippen LogP contribution in [0.5, 0.6) is 0 Å². The second-order valence-corrected chi connectivity index (χ2v) is 6.08. The molecule has 0 spiro atoms. The van der Waals surface area contributed by atoms with E-state index in [0.717, 1.165) is 11.1 Å². The van der Waals surface area contributed by atoms with Crippen molar-refractivity contribution >= 4 is 16.9 Å². The summed E-state index contributed by atoms with van der Waals surface area (Å²) in [5.74, 6) is -11.4. The third-order valence-corrected chi connectivity index (χ3v) is 4.28. The van der Waals surface area contributed by atoms with E-state index in [4.69, 9.17) is 9.15 Å². The number of ether oxygens (including phenoxy) is 1. The SMILES string of the molecule is Cc1cc2occ(CC(=O)OCc3c(F)c(F)c(F)c(F)c3F)c2cc1C. The maximum atomic E-state index is 13.6. The Balaban J connectivity index is 1.78. The lowest BCUT2D eigenvalue weighted by atomic mass is 10.0. The molecule has 2 aromatic carbocycles. The van der Waals surface area contributed by atoms with Crippen LogP contribution < -0.4 is 0 Å². The average Bonchev–Trinajstić information content (AvgIpc) is 3.00. The number of esters is 1. The molecule has 1 heterocycles. The third-order valence-electron chi connectivity index (χ3n) is 4.28. The summed E-state index contributed by atoms with van der Waals surface area (Å²) >= 11 is 0. The van der Waals surface area contributed by atoms with Crippen LogP contribution in [-0.2, 0) is 22.6 Å². The Labute approximate surface area is 150 Å². The van der Waals surface area contributed by atoms with Gasteiger partial charge in [-0.2, -0.15) is 0 Å². The van der Waals surface area contributed by atoms with E-state index in [1.165, 1.54) is 6.26 Å². The average molecular weight is 384 g/mol. The molecule has 1 aromatic heterocycles. The molecule has 27 heavy (non-hydrogen) atoms. The third kappa shape index (κ3) is 3.39. The van der Waals surface area contributed by atoms with E-state index in [9.17, 15) is 26.7 Å². The molecule has 3 nitrogen and oxygen atoms in total. The fourth-order valence-corrected chi connectivity index (χ4v) is 2.61. The van der Waals surface area contributed by atoms with Gasteiger partial charge in [0.25, 0.3) is 0 Å². The van der Waals surface area contributed by atoms with Gasteiger partial charge in [-0.25, -0.2) is 22.0 Å². The van der Waals surface area contributed by atoms with E-state index in [2.05, 4.69) is 0 Å². The Morgan fingerprint density at radius 3 is 2.11 bits per heavy atom. The lowest BCUT2D eigenvalue weighted by Gasteiger charge is -2.09. The Morgan fingerprint density at radius 1 is 0.926 bits per heavy atom. The predicted molar refractivity (Wildman–Crippen MR) is 85.4 cm³/mol. The zero-order valence-electron chi connectivity index (χ0n) is 14.3. The lowest BCUT2D eigenvalue weighted by Crippen LogP contribution is -2.13. The van der Waals surface area contributed by atoms with Crippen molar-refractivity contribution in [1.82, 2.24) is 0 Å². The normalized spacial score (nSPS) is 11.2. The molecule has 0 bridgehead atoms. The van der Waals surface area contributed by atoms with Gasteiger partial charge >= 0.3 is 5.97 Å². The number of halogens is 5. The number of aryl methyl sites for hydroxylation is 2. The van der Waals surface area contributed by atoms with Gasteiger partial charge in [-0.15, -0.1) is 0 Å². The first-order valence-corrected chi connectivity index (χ1v) is 7.84. The van der Waals surface area contributed by atoms with E-state index in [-0.39, 0.29) is 6.42 Å². The van der Waals surface area contributed by atoms with Gasteiger partial charge in [0.1, 0.15) is 12.2 Å². The van der Waals surface area contributed by atoms with Gasteiger partial charge < -0.3 is 9.15 Å². The standard InChI is InChI=1S/C19H13F5O3/c1-8-3-11-10(6-26-13(11)4-9(8)2)5-14(25)27-7-12-15(20)17(22)19(24)18(23)16(12)21/h3-4,6H,5,7H2,1-2H3. The van der Waals surface area contributed by atoms with Crippen LogP contribution in [0.25, 0.3) is 11.0 Å². The summed E-state index contributed by atoms with van der Waals surface area (Å²) in [4.78, 5) is 12.0. The van der Waals surface area contributed by atoms with Crippen LogP contribution in [0.4, 0.5) is 22.0 Å². The highest BCUT2D eigenvalue weighted by Crippen LogP contribution is 2.26. The number of fused-ring (bicyclic) bond motifs is 1. The maximum Gasteiger partial charge on any atom is 0.310 e. The van der Waals surface area contributed by atoms with Gasteiger partial charge in [-0.1, -0.05) is 0 Å². The van der Waals surface area contributed by atoms with Crippen LogP contribution in [0, 0.1) is 42.9 Å². The fraction of sp³-hybridized carbons (Fsp3) is 0.211. The first kappa shape index (κ1) is 18.9. The Bertz CT molecular complexity index is 1030. The summed E-state index contributed by atoms with van der Waals surface area (Å²) in [5.41, 5.74) is 1.80. The molecule has 3 aromatic rings. The van der Waals surface area contributed by atoms with E-state index in [1.54, 1.807) is 6.07 Å². The Hall–Kier alpha value is -2.90. The Kier molecular flexibility index (Phi) is 4.91. The smallest absolute Gasteiger partial charge is 0.310 e. The number of rotatable bonds is 4. The topological polar surface area (TPSA) is 39.4 Å². The van der Waals surface area contributed by atoms with Gasteiger partial charge in [0.15, 0.2) is 23.3 Å². The number of furan rings is 1. The highest BCUT2D eigenvalue weighted by atomic mass is 19.2. The first-order chi connectivity index (χ1) is 12.7. The number of carbonyl (C=O) groups is 1. The molecule has 0 atom stereocenters. The zero-order valence-corrected chi connectivity index (χ0v) is 14.3. The molecule has 0 aliphatic rings. The minimum atomic E-state index is -2.27. The van der Waals surface area contributed by atoms with Crippen molar-refractivity contribution in [2.75, 3.05) is 0 Å². The second-order valence-electron chi connectivity index (χ2n) is 6.08. The Morgan fingerprint density at radius 2 is 1.48 bits per heavy atom. The van der Waals surface area contributed by atoms with E-state index < -0.39 is 47.2 Å². The molecule has 142 valence electrons. The minimum Gasteiger partial charge on any atom is -0.464 e. The minimum absolute atomic E-state index is 0.287. The molecule has 0 saturated heterocycles. The lowest BCUT2D eigenvalue weighted by molar-refractivity contribution is -0.144. The van der Waals surface area contributed by atoms with Gasteiger partial charge in [-0.05, 0) is 37.1 Å². The van der Waals surface area contributed by atoms with Crippen LogP contribution in [0.3, 0.4) is 0 Å². The van der Waals surface area contributed by atoms with Crippen molar-refractivity contribution in [2.45, 2.75) is 26.9 Å².